The molecule has 0 aromatic heterocycles. The van der Waals surface area contributed by atoms with Crippen molar-refractivity contribution in [3.8, 4) is 11.5 Å². The number of aliphatic hydroxyl groups is 1. The zero-order valence-corrected chi connectivity index (χ0v) is 11.2. The summed E-state index contributed by atoms with van der Waals surface area (Å²) in [7, 11) is 0. The Balaban J connectivity index is 2.22. The lowest BCUT2D eigenvalue weighted by molar-refractivity contribution is 0.182. The molecule has 1 atom stereocenters. The monoisotopic (exact) mass is 253 g/mol. The molecule has 0 aliphatic carbocycles. The lowest BCUT2D eigenvalue weighted by Crippen LogP contribution is -2.24. The van der Waals surface area contributed by atoms with Crippen LogP contribution in [0.3, 0.4) is 0 Å². The van der Waals surface area contributed by atoms with Crippen molar-refractivity contribution in [3.63, 3.8) is 0 Å². The van der Waals surface area contributed by atoms with Crippen molar-refractivity contribution < 1.29 is 14.6 Å². The number of benzene rings is 1. The molecule has 0 saturated heterocycles. The van der Waals surface area contributed by atoms with Crippen LogP contribution < -0.4 is 14.8 Å². The highest BCUT2D eigenvalue weighted by molar-refractivity contribution is 5.39. The molecular formula is C14H23NO3. The second-order valence-electron chi connectivity index (χ2n) is 4.12. The Morgan fingerprint density at radius 1 is 1.17 bits per heavy atom. The van der Waals surface area contributed by atoms with Crippen molar-refractivity contribution in [1.82, 2.24) is 5.32 Å². The van der Waals surface area contributed by atoms with E-state index in [9.17, 15) is 0 Å². The third kappa shape index (κ3) is 5.89. The fourth-order valence-electron chi connectivity index (χ4n) is 1.51. The maximum atomic E-state index is 9.09. The van der Waals surface area contributed by atoms with Gasteiger partial charge in [-0.3, -0.25) is 0 Å². The van der Waals surface area contributed by atoms with Crippen molar-refractivity contribution in [3.05, 3.63) is 24.3 Å². The maximum absolute atomic E-state index is 9.09. The average molecular weight is 253 g/mol. The van der Waals surface area contributed by atoms with Crippen LogP contribution in [0.1, 0.15) is 20.3 Å². The molecular weight excluding hydrogens is 230 g/mol. The SMILES string of the molecule is CCOc1ccccc1OCCNCCC(C)O. The number of ether oxygens (including phenoxy) is 2. The molecule has 4 nitrogen and oxygen atoms in total. The number of nitrogens with one attached hydrogen (secondary N) is 1. The van der Waals surface area contributed by atoms with Gasteiger partial charge < -0.3 is 19.9 Å². The summed E-state index contributed by atoms with van der Waals surface area (Å²) in [5.41, 5.74) is 0. The zero-order valence-electron chi connectivity index (χ0n) is 11.2. The summed E-state index contributed by atoms with van der Waals surface area (Å²) in [6.07, 6.45) is 0.507. The Morgan fingerprint density at radius 2 is 1.83 bits per heavy atom. The summed E-state index contributed by atoms with van der Waals surface area (Å²) < 4.78 is 11.1. The van der Waals surface area contributed by atoms with Crippen molar-refractivity contribution in [2.24, 2.45) is 0 Å². The number of hydrogen-bond donors (Lipinski definition) is 2. The molecule has 0 spiro atoms. The van der Waals surface area contributed by atoms with Crippen LogP contribution in [0.5, 0.6) is 11.5 Å². The fourth-order valence-corrected chi connectivity index (χ4v) is 1.51. The van der Waals surface area contributed by atoms with Gasteiger partial charge in [-0.05, 0) is 38.9 Å². The first-order valence-electron chi connectivity index (χ1n) is 6.47. The minimum Gasteiger partial charge on any atom is -0.490 e. The van der Waals surface area contributed by atoms with Gasteiger partial charge in [0, 0.05) is 6.54 Å². The normalized spacial score (nSPS) is 12.2. The largest absolute Gasteiger partial charge is 0.490 e. The molecule has 1 unspecified atom stereocenters. The van der Waals surface area contributed by atoms with E-state index >= 15 is 0 Å². The quantitative estimate of drug-likeness (QED) is 0.659. The lowest BCUT2D eigenvalue weighted by atomic mass is 10.3. The van der Waals surface area contributed by atoms with Gasteiger partial charge in [0.15, 0.2) is 11.5 Å². The van der Waals surface area contributed by atoms with Crippen LogP contribution in [0.4, 0.5) is 0 Å². The summed E-state index contributed by atoms with van der Waals surface area (Å²) in [5.74, 6) is 1.56. The first kappa shape index (κ1) is 14.8. The van der Waals surface area contributed by atoms with Crippen LogP contribution in [0.15, 0.2) is 24.3 Å². The van der Waals surface area contributed by atoms with Crippen molar-refractivity contribution in [2.75, 3.05) is 26.3 Å². The van der Waals surface area contributed by atoms with Gasteiger partial charge in [-0.2, -0.15) is 0 Å². The predicted molar refractivity (Wildman–Crippen MR) is 72.3 cm³/mol. The molecule has 0 saturated carbocycles. The Kier molecular flexibility index (Phi) is 7.22. The standard InChI is InChI=1S/C14H23NO3/c1-3-17-13-6-4-5-7-14(13)18-11-10-15-9-8-12(2)16/h4-7,12,15-16H,3,8-11H2,1-2H3. The Morgan fingerprint density at radius 3 is 2.44 bits per heavy atom. The van der Waals surface area contributed by atoms with E-state index in [1.165, 1.54) is 0 Å². The highest BCUT2D eigenvalue weighted by Crippen LogP contribution is 2.25. The third-order valence-corrected chi connectivity index (χ3v) is 2.42. The van der Waals surface area contributed by atoms with E-state index in [1.54, 1.807) is 6.92 Å². The summed E-state index contributed by atoms with van der Waals surface area (Å²) >= 11 is 0. The second kappa shape index (κ2) is 8.78. The first-order valence-corrected chi connectivity index (χ1v) is 6.47. The van der Waals surface area contributed by atoms with E-state index in [4.69, 9.17) is 14.6 Å². The molecule has 0 radical (unpaired) electrons. The number of hydrogen-bond acceptors (Lipinski definition) is 4. The van der Waals surface area contributed by atoms with Crippen molar-refractivity contribution >= 4 is 0 Å². The predicted octanol–water partition coefficient (Wildman–Crippen LogP) is 1.82. The molecule has 1 rings (SSSR count). The summed E-state index contributed by atoms with van der Waals surface area (Å²) in [4.78, 5) is 0. The molecule has 0 bridgehead atoms. The number of aliphatic hydroxyl groups excluding tert-OH is 1. The molecule has 2 N–H and O–H groups in total. The third-order valence-electron chi connectivity index (χ3n) is 2.42. The van der Waals surface area contributed by atoms with Gasteiger partial charge in [-0.25, -0.2) is 0 Å². The molecule has 1 aromatic carbocycles. The highest BCUT2D eigenvalue weighted by atomic mass is 16.5. The number of para-hydroxylation sites is 2. The van der Waals surface area contributed by atoms with Crippen LogP contribution in [-0.2, 0) is 0 Å². The smallest absolute Gasteiger partial charge is 0.161 e. The second-order valence-corrected chi connectivity index (χ2v) is 4.12. The highest BCUT2D eigenvalue weighted by Gasteiger charge is 2.02. The Hall–Kier alpha value is -1.26. The van der Waals surface area contributed by atoms with Crippen molar-refractivity contribution in [2.45, 2.75) is 26.4 Å². The van der Waals surface area contributed by atoms with Crippen molar-refractivity contribution in [1.29, 1.82) is 0 Å². The van der Waals surface area contributed by atoms with E-state index < -0.39 is 0 Å². The summed E-state index contributed by atoms with van der Waals surface area (Å²) in [5, 5.41) is 12.3. The maximum Gasteiger partial charge on any atom is 0.161 e. The van der Waals surface area contributed by atoms with Crippen LogP contribution in [0.25, 0.3) is 0 Å². The van der Waals surface area contributed by atoms with Gasteiger partial charge in [-0.1, -0.05) is 12.1 Å². The summed E-state index contributed by atoms with van der Waals surface area (Å²) in [6, 6.07) is 7.66. The van der Waals surface area contributed by atoms with Crippen LogP contribution in [0.2, 0.25) is 0 Å². The molecule has 1 aromatic rings. The lowest BCUT2D eigenvalue weighted by Gasteiger charge is -2.12. The van der Waals surface area contributed by atoms with Gasteiger partial charge in [-0.15, -0.1) is 0 Å². The first-order chi connectivity index (χ1) is 8.74. The Bertz CT molecular complexity index is 329. The van der Waals surface area contributed by atoms with E-state index in [0.717, 1.165) is 31.0 Å². The van der Waals surface area contributed by atoms with E-state index in [2.05, 4.69) is 5.32 Å². The van der Waals surface area contributed by atoms with Gasteiger partial charge in [0.1, 0.15) is 6.61 Å². The van der Waals surface area contributed by atoms with E-state index in [1.807, 2.05) is 31.2 Å². The molecule has 0 aliphatic rings. The van der Waals surface area contributed by atoms with E-state index in [-0.39, 0.29) is 6.10 Å². The van der Waals surface area contributed by atoms with E-state index in [0.29, 0.717) is 13.2 Å². The van der Waals surface area contributed by atoms with Crippen LogP contribution in [-0.4, -0.2) is 37.5 Å². The number of rotatable bonds is 9. The Labute approximate surface area is 109 Å². The fraction of sp³-hybridized carbons (Fsp3) is 0.571. The minimum atomic E-state index is -0.253. The van der Waals surface area contributed by atoms with Gasteiger partial charge in [0.25, 0.3) is 0 Å². The van der Waals surface area contributed by atoms with Gasteiger partial charge in [0.2, 0.25) is 0 Å². The summed E-state index contributed by atoms with van der Waals surface area (Å²) in [6.45, 7) is 6.52. The van der Waals surface area contributed by atoms with Gasteiger partial charge >= 0.3 is 0 Å². The molecule has 18 heavy (non-hydrogen) atoms. The molecule has 0 aliphatic heterocycles. The molecule has 0 amide bonds. The zero-order chi connectivity index (χ0) is 13.2. The molecule has 102 valence electrons. The van der Waals surface area contributed by atoms with Gasteiger partial charge in [0.05, 0.1) is 12.7 Å². The minimum absolute atomic E-state index is 0.253. The molecule has 0 fully saturated rings. The van der Waals surface area contributed by atoms with Crippen LogP contribution in [0, 0.1) is 0 Å². The topological polar surface area (TPSA) is 50.7 Å². The molecule has 4 heteroatoms. The molecule has 0 heterocycles. The average Bonchev–Trinajstić information content (AvgIpc) is 2.35. The van der Waals surface area contributed by atoms with Crippen LogP contribution >= 0.6 is 0 Å².